The van der Waals surface area contributed by atoms with E-state index in [1.165, 1.54) is 0 Å². The lowest BCUT2D eigenvalue weighted by atomic mass is 9.92. The minimum atomic E-state index is 0.610. The van der Waals surface area contributed by atoms with Crippen LogP contribution in [-0.2, 0) is 6.42 Å². The Labute approximate surface area is 121 Å². The molecule has 0 unspecified atom stereocenters. The van der Waals surface area contributed by atoms with Crippen molar-refractivity contribution in [2.45, 2.75) is 33.6 Å². The number of hydrogen-bond donors (Lipinski definition) is 3. The first-order chi connectivity index (χ1) is 9.51. The maximum absolute atomic E-state index is 6.15. The van der Waals surface area contributed by atoms with Gasteiger partial charge in [-0.25, -0.2) is 0 Å². The molecule has 0 aliphatic rings. The molecule has 20 heavy (non-hydrogen) atoms. The van der Waals surface area contributed by atoms with Gasteiger partial charge in [0.15, 0.2) is 0 Å². The van der Waals surface area contributed by atoms with E-state index in [0.29, 0.717) is 17.3 Å². The molecule has 110 valence electrons. The van der Waals surface area contributed by atoms with Crippen LogP contribution in [0.4, 0.5) is 11.4 Å². The van der Waals surface area contributed by atoms with E-state index in [0.717, 1.165) is 36.1 Å². The second-order valence-electron chi connectivity index (χ2n) is 5.28. The highest BCUT2D eigenvalue weighted by atomic mass is 14.7. The molecule has 0 amide bonds. The second kappa shape index (κ2) is 7.58. The molecule has 1 aromatic rings. The zero-order valence-electron chi connectivity index (χ0n) is 12.7. The van der Waals surface area contributed by atoms with Gasteiger partial charge in [-0.2, -0.15) is 0 Å². The summed E-state index contributed by atoms with van der Waals surface area (Å²) in [6, 6.07) is 3.80. The molecule has 0 spiro atoms. The standard InChI is InChI=1S/C16H26N4/c1-4-20-10-12(9-17)13-7-8-15(18)16(19)14(13)6-5-11(2)3/h7-11H,4-6,17-19H2,1-3H3. The average Bonchev–Trinajstić information content (AvgIpc) is 2.42. The first-order valence-electron chi connectivity index (χ1n) is 7.10. The summed E-state index contributed by atoms with van der Waals surface area (Å²) in [6.07, 6.45) is 5.32. The van der Waals surface area contributed by atoms with Crippen molar-refractivity contribution < 1.29 is 0 Å². The predicted octanol–water partition coefficient (Wildman–Crippen LogP) is 2.83. The van der Waals surface area contributed by atoms with Crippen molar-refractivity contribution in [1.29, 1.82) is 0 Å². The van der Waals surface area contributed by atoms with E-state index in [1.54, 1.807) is 12.4 Å². The number of allylic oxidation sites excluding steroid dienone is 1. The van der Waals surface area contributed by atoms with E-state index in [9.17, 15) is 0 Å². The van der Waals surface area contributed by atoms with Crippen molar-refractivity contribution in [3.8, 4) is 0 Å². The Balaban J connectivity index is 3.23. The SMILES string of the molecule is CCN=CC(=CN)c1ccc(N)c(N)c1CCC(C)C. The molecule has 0 bridgehead atoms. The maximum Gasteiger partial charge on any atom is 0.0586 e. The third kappa shape index (κ3) is 4.02. The van der Waals surface area contributed by atoms with Crippen molar-refractivity contribution in [1.82, 2.24) is 0 Å². The first kappa shape index (κ1) is 16.1. The number of nitrogens with two attached hydrogens (primary N) is 3. The lowest BCUT2D eigenvalue weighted by Crippen LogP contribution is -2.06. The van der Waals surface area contributed by atoms with E-state index in [1.807, 2.05) is 19.1 Å². The summed E-state index contributed by atoms with van der Waals surface area (Å²) in [5, 5.41) is 0. The molecule has 4 nitrogen and oxygen atoms in total. The maximum atomic E-state index is 6.15. The zero-order chi connectivity index (χ0) is 15.1. The van der Waals surface area contributed by atoms with Crippen LogP contribution in [0.3, 0.4) is 0 Å². The van der Waals surface area contributed by atoms with Crippen LogP contribution in [0, 0.1) is 5.92 Å². The van der Waals surface area contributed by atoms with E-state index in [-0.39, 0.29) is 0 Å². The zero-order valence-corrected chi connectivity index (χ0v) is 12.7. The molecule has 1 rings (SSSR count). The van der Waals surface area contributed by atoms with Gasteiger partial charge in [-0.3, -0.25) is 4.99 Å². The fourth-order valence-corrected chi connectivity index (χ4v) is 2.05. The van der Waals surface area contributed by atoms with Gasteiger partial charge in [0, 0.05) is 24.5 Å². The van der Waals surface area contributed by atoms with Crippen LogP contribution in [0.25, 0.3) is 5.57 Å². The van der Waals surface area contributed by atoms with E-state index in [2.05, 4.69) is 18.8 Å². The summed E-state index contributed by atoms with van der Waals surface area (Å²) in [6.45, 7) is 7.10. The molecule has 0 radical (unpaired) electrons. The fourth-order valence-electron chi connectivity index (χ4n) is 2.05. The number of benzene rings is 1. The molecule has 0 aliphatic heterocycles. The number of anilines is 2. The highest BCUT2D eigenvalue weighted by Gasteiger charge is 2.12. The molecule has 6 N–H and O–H groups in total. The Morgan fingerprint density at radius 2 is 2.00 bits per heavy atom. The van der Waals surface area contributed by atoms with Gasteiger partial charge >= 0.3 is 0 Å². The van der Waals surface area contributed by atoms with E-state index in [4.69, 9.17) is 17.2 Å². The van der Waals surface area contributed by atoms with Gasteiger partial charge in [-0.15, -0.1) is 0 Å². The summed E-state index contributed by atoms with van der Waals surface area (Å²) in [5.41, 5.74) is 22.1. The Morgan fingerprint density at radius 1 is 1.30 bits per heavy atom. The van der Waals surface area contributed by atoms with Gasteiger partial charge < -0.3 is 17.2 Å². The molecule has 0 fully saturated rings. The molecule has 0 aliphatic carbocycles. The van der Waals surface area contributed by atoms with Gasteiger partial charge in [0.2, 0.25) is 0 Å². The molecular weight excluding hydrogens is 248 g/mol. The van der Waals surface area contributed by atoms with Crippen molar-refractivity contribution in [3.05, 3.63) is 29.5 Å². The molecule has 0 aromatic heterocycles. The number of nitrogen functional groups attached to an aromatic ring is 2. The number of nitrogens with zero attached hydrogens (tertiary/aromatic N) is 1. The van der Waals surface area contributed by atoms with Crippen molar-refractivity contribution in [2.75, 3.05) is 18.0 Å². The summed E-state index contributed by atoms with van der Waals surface area (Å²) >= 11 is 0. The molecule has 1 aromatic carbocycles. The van der Waals surface area contributed by atoms with Gasteiger partial charge in [-0.05, 0) is 42.9 Å². The number of hydrogen-bond acceptors (Lipinski definition) is 4. The molecule has 0 saturated carbocycles. The molecule has 0 heterocycles. The normalized spacial score (nSPS) is 12.5. The highest BCUT2D eigenvalue weighted by molar-refractivity contribution is 6.10. The Kier molecular flexibility index (Phi) is 6.10. The number of rotatable bonds is 6. The summed E-state index contributed by atoms with van der Waals surface area (Å²) in [4.78, 5) is 4.26. The number of aliphatic imine (C=N–C) groups is 1. The molecular formula is C16H26N4. The van der Waals surface area contributed by atoms with Crippen LogP contribution in [-0.4, -0.2) is 12.8 Å². The van der Waals surface area contributed by atoms with Gasteiger partial charge in [0.25, 0.3) is 0 Å². The quantitative estimate of drug-likeness (QED) is 0.550. The molecule has 0 atom stereocenters. The largest absolute Gasteiger partial charge is 0.404 e. The summed E-state index contributed by atoms with van der Waals surface area (Å²) in [7, 11) is 0. The van der Waals surface area contributed by atoms with Crippen LogP contribution in [0.5, 0.6) is 0 Å². The Bertz CT molecular complexity index is 501. The van der Waals surface area contributed by atoms with Gasteiger partial charge in [0.05, 0.1) is 11.4 Å². The van der Waals surface area contributed by atoms with Crippen molar-refractivity contribution in [3.63, 3.8) is 0 Å². The molecule has 4 heteroatoms. The van der Waals surface area contributed by atoms with E-state index < -0.39 is 0 Å². The Hall–Kier alpha value is -1.97. The summed E-state index contributed by atoms with van der Waals surface area (Å²) < 4.78 is 0. The fraction of sp³-hybridized carbons (Fsp3) is 0.438. The summed E-state index contributed by atoms with van der Waals surface area (Å²) in [5.74, 6) is 0.610. The van der Waals surface area contributed by atoms with Crippen LogP contribution < -0.4 is 17.2 Å². The van der Waals surface area contributed by atoms with Crippen LogP contribution >= 0.6 is 0 Å². The average molecular weight is 274 g/mol. The lowest BCUT2D eigenvalue weighted by Gasteiger charge is -2.16. The van der Waals surface area contributed by atoms with Gasteiger partial charge in [-0.1, -0.05) is 19.9 Å². The first-order valence-corrected chi connectivity index (χ1v) is 7.10. The van der Waals surface area contributed by atoms with Crippen LogP contribution in [0.15, 0.2) is 23.3 Å². The predicted molar refractivity (Wildman–Crippen MR) is 89.6 cm³/mol. The second-order valence-corrected chi connectivity index (χ2v) is 5.28. The van der Waals surface area contributed by atoms with Crippen molar-refractivity contribution >= 4 is 23.2 Å². The lowest BCUT2D eigenvalue weighted by molar-refractivity contribution is 0.587. The third-order valence-corrected chi connectivity index (χ3v) is 3.27. The van der Waals surface area contributed by atoms with Crippen LogP contribution in [0.1, 0.15) is 38.3 Å². The topological polar surface area (TPSA) is 90.4 Å². The van der Waals surface area contributed by atoms with Crippen LogP contribution in [0.2, 0.25) is 0 Å². The smallest absolute Gasteiger partial charge is 0.0586 e. The molecule has 0 saturated heterocycles. The van der Waals surface area contributed by atoms with E-state index >= 15 is 0 Å². The third-order valence-electron chi connectivity index (χ3n) is 3.27. The Morgan fingerprint density at radius 3 is 2.55 bits per heavy atom. The highest BCUT2D eigenvalue weighted by Crippen LogP contribution is 2.30. The minimum absolute atomic E-state index is 0.610. The van der Waals surface area contributed by atoms with Gasteiger partial charge in [0.1, 0.15) is 0 Å². The minimum Gasteiger partial charge on any atom is -0.404 e. The monoisotopic (exact) mass is 274 g/mol. The van der Waals surface area contributed by atoms with Crippen molar-refractivity contribution in [2.24, 2.45) is 16.6 Å².